The van der Waals surface area contributed by atoms with Crippen molar-refractivity contribution in [3.05, 3.63) is 29.3 Å². The molecule has 3 heterocycles. The lowest BCUT2D eigenvalue weighted by Gasteiger charge is -2.48. The SMILES string of the molecule is COC(=O)[C@H]1C[C@H]2CC[C@@H]3[C@H]1c1cccc(O)c1CN23. The molecule has 106 valence electrons. The summed E-state index contributed by atoms with van der Waals surface area (Å²) in [6.07, 6.45) is 3.20. The molecule has 0 aromatic heterocycles. The lowest BCUT2D eigenvalue weighted by molar-refractivity contribution is -0.149. The first kappa shape index (κ1) is 12.2. The van der Waals surface area contributed by atoms with E-state index in [4.69, 9.17) is 4.74 Å². The molecule has 1 aromatic carbocycles. The third-order valence-corrected chi connectivity index (χ3v) is 5.46. The lowest BCUT2D eigenvalue weighted by atomic mass is 9.71. The number of ether oxygens (including phenoxy) is 1. The van der Waals surface area contributed by atoms with Crippen molar-refractivity contribution in [3.8, 4) is 5.75 Å². The number of hydrogen-bond acceptors (Lipinski definition) is 4. The highest BCUT2D eigenvalue weighted by molar-refractivity contribution is 5.74. The molecule has 1 unspecified atom stereocenters. The molecular weight excluding hydrogens is 254 g/mol. The van der Waals surface area contributed by atoms with Crippen molar-refractivity contribution in [1.82, 2.24) is 4.90 Å². The predicted octanol–water partition coefficient (Wildman–Crippen LogP) is 2.02. The Morgan fingerprint density at radius 1 is 1.40 bits per heavy atom. The van der Waals surface area contributed by atoms with E-state index in [1.807, 2.05) is 6.07 Å². The van der Waals surface area contributed by atoms with Crippen LogP contribution in [0.3, 0.4) is 0 Å². The Balaban J connectivity index is 1.85. The summed E-state index contributed by atoms with van der Waals surface area (Å²) in [5.41, 5.74) is 2.16. The van der Waals surface area contributed by atoms with E-state index in [1.54, 1.807) is 6.07 Å². The Kier molecular flexibility index (Phi) is 2.58. The molecular formula is C16H19NO3. The number of phenolic OH excluding ortho intramolecular Hbond substituents is 1. The van der Waals surface area contributed by atoms with Crippen LogP contribution in [0.5, 0.6) is 5.75 Å². The number of hydrogen-bond donors (Lipinski definition) is 1. The van der Waals surface area contributed by atoms with E-state index in [-0.39, 0.29) is 17.8 Å². The van der Waals surface area contributed by atoms with Gasteiger partial charge in [-0.3, -0.25) is 9.69 Å². The van der Waals surface area contributed by atoms with Gasteiger partial charge < -0.3 is 9.84 Å². The number of piperidine rings is 1. The van der Waals surface area contributed by atoms with Gasteiger partial charge >= 0.3 is 5.97 Å². The van der Waals surface area contributed by atoms with Crippen molar-refractivity contribution < 1.29 is 14.6 Å². The fourth-order valence-corrected chi connectivity index (χ4v) is 4.64. The van der Waals surface area contributed by atoms with Crippen LogP contribution in [-0.2, 0) is 16.1 Å². The van der Waals surface area contributed by atoms with Crippen molar-refractivity contribution in [2.24, 2.45) is 5.92 Å². The highest BCUT2D eigenvalue weighted by Crippen LogP contribution is 2.53. The summed E-state index contributed by atoms with van der Waals surface area (Å²) in [5.74, 6) is 0.386. The smallest absolute Gasteiger partial charge is 0.309 e. The topological polar surface area (TPSA) is 49.8 Å². The average Bonchev–Trinajstić information content (AvgIpc) is 2.73. The number of carbonyl (C=O) groups is 1. The van der Waals surface area contributed by atoms with Crippen LogP contribution >= 0.6 is 0 Å². The number of phenols is 1. The quantitative estimate of drug-likeness (QED) is 0.795. The Morgan fingerprint density at radius 2 is 2.25 bits per heavy atom. The number of rotatable bonds is 1. The molecule has 2 fully saturated rings. The molecule has 0 amide bonds. The van der Waals surface area contributed by atoms with Gasteiger partial charge in [-0.15, -0.1) is 0 Å². The largest absolute Gasteiger partial charge is 0.508 e. The lowest BCUT2D eigenvalue weighted by Crippen LogP contribution is -2.52. The van der Waals surface area contributed by atoms with Crippen molar-refractivity contribution in [1.29, 1.82) is 0 Å². The zero-order chi connectivity index (χ0) is 13.9. The van der Waals surface area contributed by atoms with Crippen LogP contribution in [0.25, 0.3) is 0 Å². The van der Waals surface area contributed by atoms with E-state index in [9.17, 15) is 9.90 Å². The number of benzene rings is 1. The molecule has 4 rings (SSSR count). The second-order valence-electron chi connectivity index (χ2n) is 6.21. The molecule has 0 radical (unpaired) electrons. The van der Waals surface area contributed by atoms with Crippen LogP contribution in [0.1, 0.15) is 36.3 Å². The van der Waals surface area contributed by atoms with E-state index in [0.29, 0.717) is 17.8 Å². The predicted molar refractivity (Wildman–Crippen MR) is 73.3 cm³/mol. The molecule has 3 aliphatic rings. The van der Waals surface area contributed by atoms with E-state index in [1.165, 1.54) is 7.11 Å². The fourth-order valence-electron chi connectivity index (χ4n) is 4.64. The minimum atomic E-state index is -0.0947. The summed E-state index contributed by atoms with van der Waals surface area (Å²) >= 11 is 0. The van der Waals surface area contributed by atoms with E-state index >= 15 is 0 Å². The maximum absolute atomic E-state index is 12.2. The van der Waals surface area contributed by atoms with Gasteiger partial charge in [0.1, 0.15) is 5.75 Å². The van der Waals surface area contributed by atoms with Gasteiger partial charge in [0.15, 0.2) is 0 Å². The summed E-state index contributed by atoms with van der Waals surface area (Å²) in [4.78, 5) is 14.7. The Labute approximate surface area is 118 Å². The van der Waals surface area contributed by atoms with Crippen molar-refractivity contribution in [2.75, 3.05) is 7.11 Å². The van der Waals surface area contributed by atoms with Crippen molar-refractivity contribution in [3.63, 3.8) is 0 Å². The third-order valence-electron chi connectivity index (χ3n) is 5.46. The number of aromatic hydroxyl groups is 1. The third kappa shape index (κ3) is 1.48. The molecule has 1 aromatic rings. The fraction of sp³-hybridized carbons (Fsp3) is 0.562. The summed E-state index contributed by atoms with van der Waals surface area (Å²) < 4.78 is 5.03. The van der Waals surface area contributed by atoms with Gasteiger partial charge in [0.05, 0.1) is 13.0 Å². The first-order valence-electron chi connectivity index (χ1n) is 7.35. The summed E-state index contributed by atoms with van der Waals surface area (Å²) in [6, 6.07) is 6.61. The Hall–Kier alpha value is -1.55. The summed E-state index contributed by atoms with van der Waals surface area (Å²) in [7, 11) is 1.48. The van der Waals surface area contributed by atoms with Crippen LogP contribution in [0, 0.1) is 5.92 Å². The zero-order valence-corrected chi connectivity index (χ0v) is 11.6. The molecule has 2 saturated heterocycles. The molecule has 4 bridgehead atoms. The first-order chi connectivity index (χ1) is 9.70. The molecule has 0 aliphatic carbocycles. The maximum atomic E-state index is 12.2. The van der Waals surface area contributed by atoms with Gasteiger partial charge in [0, 0.05) is 30.1 Å². The minimum Gasteiger partial charge on any atom is -0.508 e. The Morgan fingerprint density at radius 3 is 3.05 bits per heavy atom. The number of esters is 1. The molecule has 20 heavy (non-hydrogen) atoms. The summed E-state index contributed by atoms with van der Waals surface area (Å²) in [6.45, 7) is 0.821. The number of fused-ring (bicyclic) bond motifs is 2. The van der Waals surface area contributed by atoms with Crippen molar-refractivity contribution in [2.45, 2.75) is 43.8 Å². The molecule has 0 saturated carbocycles. The van der Waals surface area contributed by atoms with E-state index < -0.39 is 0 Å². The molecule has 3 aliphatic heterocycles. The first-order valence-corrected chi connectivity index (χ1v) is 7.35. The van der Waals surface area contributed by atoms with Gasteiger partial charge in [0.2, 0.25) is 0 Å². The van der Waals surface area contributed by atoms with Crippen LogP contribution in [0.4, 0.5) is 0 Å². The van der Waals surface area contributed by atoms with Crippen LogP contribution in [-0.4, -0.2) is 35.2 Å². The van der Waals surface area contributed by atoms with Crippen LogP contribution < -0.4 is 0 Å². The highest BCUT2D eigenvalue weighted by atomic mass is 16.5. The number of nitrogens with zero attached hydrogens (tertiary/aromatic N) is 1. The Bertz CT molecular complexity index is 571. The standard InChI is InChI=1S/C16H19NO3/c1-20-16(19)11-7-9-5-6-13-15(11)10-3-2-4-14(18)12(10)8-17(9)13/h2-4,9,11,13,15,18H,5-8H2,1H3/t9-,11+,13-,15+/m1/s1. The van der Waals surface area contributed by atoms with E-state index in [2.05, 4.69) is 11.0 Å². The van der Waals surface area contributed by atoms with Crippen molar-refractivity contribution >= 4 is 5.97 Å². The highest BCUT2D eigenvalue weighted by Gasteiger charge is 2.53. The zero-order valence-electron chi connectivity index (χ0n) is 11.6. The molecule has 5 atom stereocenters. The molecule has 4 nitrogen and oxygen atoms in total. The second kappa shape index (κ2) is 4.22. The van der Waals surface area contributed by atoms with Gasteiger partial charge in [-0.25, -0.2) is 0 Å². The van der Waals surface area contributed by atoms with Crippen LogP contribution in [0.2, 0.25) is 0 Å². The monoisotopic (exact) mass is 273 g/mol. The van der Waals surface area contributed by atoms with Gasteiger partial charge in [-0.05, 0) is 30.9 Å². The van der Waals surface area contributed by atoms with Gasteiger partial charge in [0.25, 0.3) is 0 Å². The average molecular weight is 273 g/mol. The van der Waals surface area contributed by atoms with Gasteiger partial charge in [-0.2, -0.15) is 0 Å². The summed E-state index contributed by atoms with van der Waals surface area (Å²) in [5, 5.41) is 10.1. The van der Waals surface area contributed by atoms with Gasteiger partial charge in [-0.1, -0.05) is 12.1 Å². The minimum absolute atomic E-state index is 0.0606. The second-order valence-corrected chi connectivity index (χ2v) is 6.21. The van der Waals surface area contributed by atoms with Crippen LogP contribution in [0.15, 0.2) is 18.2 Å². The molecule has 4 heteroatoms. The normalized spacial score (nSPS) is 37.4. The maximum Gasteiger partial charge on any atom is 0.309 e. The van der Waals surface area contributed by atoms with E-state index in [0.717, 1.165) is 36.9 Å². The number of carbonyl (C=O) groups excluding carboxylic acids is 1. The molecule has 0 spiro atoms. The molecule has 1 N–H and O–H groups in total. The number of methoxy groups -OCH3 is 1.